The van der Waals surface area contributed by atoms with Crippen LogP contribution in [0.4, 0.5) is 41.0 Å². The molecule has 0 bridgehead atoms. The van der Waals surface area contributed by atoms with Gasteiger partial charge in [0, 0.05) is 31.9 Å². The zero-order valence-corrected chi connectivity index (χ0v) is 17.4. The summed E-state index contributed by atoms with van der Waals surface area (Å²) >= 11 is 0. The number of carbonyl (C=O) groups is 1. The van der Waals surface area contributed by atoms with E-state index in [1.165, 1.54) is 36.3 Å². The molecule has 0 radical (unpaired) electrons. The van der Waals surface area contributed by atoms with Crippen LogP contribution in [-0.2, 0) is 0 Å². The summed E-state index contributed by atoms with van der Waals surface area (Å²) in [5, 5.41) is 4.83. The third-order valence-electron chi connectivity index (χ3n) is 4.94. The zero-order valence-electron chi connectivity index (χ0n) is 17.4. The molecule has 0 unspecified atom stereocenters. The lowest BCUT2D eigenvalue weighted by atomic mass is 10.2. The Morgan fingerprint density at radius 3 is 2.12 bits per heavy atom. The van der Waals surface area contributed by atoms with Gasteiger partial charge in [0.25, 0.3) is 0 Å². The quantitative estimate of drug-likeness (QED) is 0.592. The molecule has 0 aliphatic carbocycles. The Morgan fingerprint density at radius 2 is 1.45 bits per heavy atom. The fourth-order valence-electron chi connectivity index (χ4n) is 3.42. The highest BCUT2D eigenvalue weighted by Crippen LogP contribution is 2.30. The van der Waals surface area contributed by atoms with Gasteiger partial charge in [0.05, 0.1) is 23.8 Å². The highest BCUT2D eigenvalue weighted by Gasteiger charge is 2.32. The Bertz CT molecular complexity index is 1070. The molecule has 2 amide bonds. The highest BCUT2D eigenvalue weighted by atomic mass is 19.4. The average molecular weight is 458 g/mol. The molecule has 8 nitrogen and oxygen atoms in total. The van der Waals surface area contributed by atoms with Crippen molar-refractivity contribution in [3.05, 3.63) is 67.0 Å². The van der Waals surface area contributed by atoms with Gasteiger partial charge in [-0.3, -0.25) is 0 Å². The summed E-state index contributed by atoms with van der Waals surface area (Å²) in [4.78, 5) is 25.2. The molecule has 172 valence electrons. The van der Waals surface area contributed by atoms with Crippen molar-refractivity contribution in [1.82, 2.24) is 9.97 Å². The number of benzene rings is 2. The van der Waals surface area contributed by atoms with Gasteiger partial charge in [0.15, 0.2) is 5.75 Å². The van der Waals surface area contributed by atoms with Crippen molar-refractivity contribution in [2.45, 2.75) is 6.36 Å². The number of halogens is 3. The van der Waals surface area contributed by atoms with Crippen molar-refractivity contribution >= 4 is 29.0 Å². The number of nitrogens with zero attached hydrogens (tertiary/aromatic N) is 4. The number of amides is 2. The number of nitrogens with one attached hydrogen (secondary N) is 2. The maximum atomic E-state index is 12.5. The molecule has 33 heavy (non-hydrogen) atoms. The Hall–Kier alpha value is -4.02. The molecule has 0 saturated carbocycles. The third-order valence-corrected chi connectivity index (χ3v) is 4.94. The van der Waals surface area contributed by atoms with E-state index in [9.17, 15) is 18.0 Å². The number of hydrogen-bond acceptors (Lipinski definition) is 6. The van der Waals surface area contributed by atoms with E-state index in [4.69, 9.17) is 0 Å². The molecule has 2 heterocycles. The largest absolute Gasteiger partial charge is 0.573 e. The molecule has 1 aliphatic heterocycles. The standard InChI is InChI=1S/C22H21F3N6O2/c23-22(24,25)33-19-9-5-4-8-18(19)29-21(32)28-16-14-26-20(27-15-16)31-12-10-30(11-13-31)17-6-2-1-3-7-17/h1-9,14-15H,10-13H2,(H2,28,29,32). The van der Waals surface area contributed by atoms with Crippen LogP contribution in [0.25, 0.3) is 0 Å². The molecule has 2 aromatic carbocycles. The number of anilines is 4. The van der Waals surface area contributed by atoms with E-state index in [2.05, 4.69) is 42.4 Å². The Balaban J connectivity index is 1.32. The lowest BCUT2D eigenvalue weighted by molar-refractivity contribution is -0.274. The number of para-hydroxylation sites is 3. The first-order valence-electron chi connectivity index (χ1n) is 10.2. The second kappa shape index (κ2) is 9.63. The molecular formula is C22H21F3N6O2. The molecule has 3 aromatic rings. The van der Waals surface area contributed by atoms with E-state index < -0.39 is 18.1 Å². The number of ether oxygens (including phenoxy) is 1. The van der Waals surface area contributed by atoms with E-state index >= 15 is 0 Å². The van der Waals surface area contributed by atoms with Crippen LogP contribution in [0.15, 0.2) is 67.0 Å². The third kappa shape index (κ3) is 6.03. The molecular weight excluding hydrogens is 437 g/mol. The summed E-state index contributed by atoms with van der Waals surface area (Å²) in [5.41, 5.74) is 1.35. The molecule has 1 aliphatic rings. The molecule has 1 saturated heterocycles. The molecule has 2 N–H and O–H groups in total. The van der Waals surface area contributed by atoms with Gasteiger partial charge in [-0.2, -0.15) is 0 Å². The van der Waals surface area contributed by atoms with Gasteiger partial charge >= 0.3 is 12.4 Å². The summed E-state index contributed by atoms with van der Waals surface area (Å²) in [7, 11) is 0. The minimum Gasteiger partial charge on any atom is -0.404 e. The van der Waals surface area contributed by atoms with Crippen molar-refractivity contribution < 1.29 is 22.7 Å². The maximum absolute atomic E-state index is 12.5. The number of rotatable bonds is 5. The SMILES string of the molecule is O=C(Nc1cnc(N2CCN(c3ccccc3)CC2)nc1)Nc1ccccc1OC(F)(F)F. The number of piperazine rings is 1. The minimum atomic E-state index is -4.87. The Labute approximate surface area is 188 Å². The Kier molecular flexibility index (Phi) is 6.48. The fourth-order valence-corrected chi connectivity index (χ4v) is 3.42. The van der Waals surface area contributed by atoms with Crippen LogP contribution in [0.5, 0.6) is 5.75 Å². The van der Waals surface area contributed by atoms with Gasteiger partial charge in [-0.1, -0.05) is 30.3 Å². The van der Waals surface area contributed by atoms with E-state index in [0.717, 1.165) is 32.2 Å². The van der Waals surface area contributed by atoms with Crippen LogP contribution in [0, 0.1) is 0 Å². The van der Waals surface area contributed by atoms with Gasteiger partial charge in [-0.05, 0) is 24.3 Å². The lowest BCUT2D eigenvalue weighted by Crippen LogP contribution is -2.47. The number of hydrogen-bond donors (Lipinski definition) is 2. The first kappa shape index (κ1) is 22.2. The Morgan fingerprint density at radius 1 is 0.848 bits per heavy atom. The van der Waals surface area contributed by atoms with E-state index in [-0.39, 0.29) is 5.69 Å². The molecule has 0 spiro atoms. The van der Waals surface area contributed by atoms with Crippen molar-refractivity contribution in [3.8, 4) is 5.75 Å². The highest BCUT2D eigenvalue weighted by molar-refractivity contribution is 6.00. The smallest absolute Gasteiger partial charge is 0.404 e. The van der Waals surface area contributed by atoms with Crippen molar-refractivity contribution in [2.24, 2.45) is 0 Å². The minimum absolute atomic E-state index is 0.124. The zero-order chi connectivity index (χ0) is 23.3. The van der Waals surface area contributed by atoms with E-state index in [1.54, 1.807) is 0 Å². The van der Waals surface area contributed by atoms with Crippen LogP contribution >= 0.6 is 0 Å². The lowest BCUT2D eigenvalue weighted by Gasteiger charge is -2.36. The molecule has 1 aromatic heterocycles. The average Bonchev–Trinajstić information content (AvgIpc) is 2.81. The van der Waals surface area contributed by atoms with Crippen LogP contribution in [0.3, 0.4) is 0 Å². The van der Waals surface area contributed by atoms with Crippen LogP contribution < -0.4 is 25.2 Å². The number of carbonyl (C=O) groups excluding carboxylic acids is 1. The van der Waals surface area contributed by atoms with Crippen LogP contribution in [0.2, 0.25) is 0 Å². The van der Waals surface area contributed by atoms with Crippen LogP contribution in [-0.4, -0.2) is 48.5 Å². The summed E-state index contributed by atoms with van der Waals surface area (Å²) in [6.45, 7) is 3.15. The van der Waals surface area contributed by atoms with Gasteiger partial charge in [-0.15, -0.1) is 13.2 Å². The second-order valence-corrected chi connectivity index (χ2v) is 7.20. The summed E-state index contributed by atoms with van der Waals surface area (Å²) in [6, 6.07) is 14.7. The predicted molar refractivity (Wildman–Crippen MR) is 119 cm³/mol. The van der Waals surface area contributed by atoms with Crippen molar-refractivity contribution in [2.75, 3.05) is 46.6 Å². The normalized spacial score (nSPS) is 14.0. The molecule has 0 atom stereocenters. The first-order chi connectivity index (χ1) is 15.9. The van der Waals surface area contributed by atoms with Crippen LogP contribution in [0.1, 0.15) is 0 Å². The van der Waals surface area contributed by atoms with Gasteiger partial charge < -0.3 is 25.2 Å². The molecule has 11 heteroatoms. The monoisotopic (exact) mass is 458 g/mol. The second-order valence-electron chi connectivity index (χ2n) is 7.20. The van der Waals surface area contributed by atoms with Gasteiger partial charge in [0.1, 0.15) is 0 Å². The number of aromatic nitrogens is 2. The molecule has 1 fully saturated rings. The van der Waals surface area contributed by atoms with Crippen molar-refractivity contribution in [3.63, 3.8) is 0 Å². The topological polar surface area (TPSA) is 82.6 Å². The first-order valence-corrected chi connectivity index (χ1v) is 10.2. The van der Waals surface area contributed by atoms with E-state index in [1.807, 2.05) is 23.1 Å². The summed E-state index contributed by atoms with van der Waals surface area (Å²) in [5.74, 6) is 0.0268. The van der Waals surface area contributed by atoms with Crippen molar-refractivity contribution in [1.29, 1.82) is 0 Å². The summed E-state index contributed by atoms with van der Waals surface area (Å²) in [6.07, 6.45) is -1.97. The predicted octanol–water partition coefficient (Wildman–Crippen LogP) is 4.35. The number of urea groups is 1. The molecule has 4 rings (SSSR count). The fraction of sp³-hybridized carbons (Fsp3) is 0.227. The van der Waals surface area contributed by atoms with Gasteiger partial charge in [0.2, 0.25) is 5.95 Å². The van der Waals surface area contributed by atoms with E-state index in [0.29, 0.717) is 11.6 Å². The maximum Gasteiger partial charge on any atom is 0.573 e. The van der Waals surface area contributed by atoms with Gasteiger partial charge in [-0.25, -0.2) is 14.8 Å². The number of alkyl halides is 3. The summed E-state index contributed by atoms with van der Waals surface area (Å²) < 4.78 is 41.5.